The number of anilines is 1. The molecule has 0 spiro atoms. The Morgan fingerprint density at radius 2 is 1.95 bits per heavy atom. The molecular weight excluding hydrogens is 262 g/mol. The number of benzene rings is 1. The number of carbonyl (C=O) groups is 2. The molecule has 2 aliphatic carbocycles. The Balaban J connectivity index is 1.68. The van der Waals surface area contributed by atoms with Crippen LogP contribution in [0, 0.1) is 31.6 Å². The molecule has 0 radical (unpaired) electrons. The standard InChI is InChI=1S/C18H21NO2/c1-10-5-11(2)16-15(6-10)17(20)18(21)19(16)9-14-8-12-3-4-13(14)7-12/h5-6,12-14H,3-4,7-9H2,1-2H3. The lowest BCUT2D eigenvalue weighted by Gasteiger charge is -2.27. The van der Waals surface area contributed by atoms with Crippen molar-refractivity contribution in [3.8, 4) is 0 Å². The van der Waals surface area contributed by atoms with Gasteiger partial charge in [-0.15, -0.1) is 0 Å². The zero-order valence-corrected chi connectivity index (χ0v) is 12.7. The van der Waals surface area contributed by atoms with Gasteiger partial charge in [0.25, 0.3) is 11.7 Å². The molecule has 2 bridgehead atoms. The van der Waals surface area contributed by atoms with Gasteiger partial charge in [-0.05, 0) is 68.1 Å². The minimum Gasteiger partial charge on any atom is -0.304 e. The van der Waals surface area contributed by atoms with Crippen LogP contribution in [-0.2, 0) is 4.79 Å². The van der Waals surface area contributed by atoms with Crippen LogP contribution in [0.15, 0.2) is 12.1 Å². The highest BCUT2D eigenvalue weighted by atomic mass is 16.2. The molecule has 1 amide bonds. The monoisotopic (exact) mass is 283 g/mol. The fraction of sp³-hybridized carbons (Fsp3) is 0.556. The van der Waals surface area contributed by atoms with Gasteiger partial charge in [0.2, 0.25) is 0 Å². The lowest BCUT2D eigenvalue weighted by atomic mass is 9.88. The summed E-state index contributed by atoms with van der Waals surface area (Å²) in [5.74, 6) is 1.59. The molecule has 1 heterocycles. The van der Waals surface area contributed by atoms with Gasteiger partial charge in [-0.25, -0.2) is 0 Å². The van der Waals surface area contributed by atoms with Crippen LogP contribution >= 0.6 is 0 Å². The maximum atomic E-state index is 12.4. The van der Waals surface area contributed by atoms with Crippen molar-refractivity contribution in [3.63, 3.8) is 0 Å². The number of amides is 1. The summed E-state index contributed by atoms with van der Waals surface area (Å²) in [5, 5.41) is 0. The third-order valence-electron chi connectivity index (χ3n) is 5.70. The molecule has 3 nitrogen and oxygen atoms in total. The summed E-state index contributed by atoms with van der Waals surface area (Å²) in [4.78, 5) is 26.4. The van der Waals surface area contributed by atoms with E-state index in [9.17, 15) is 9.59 Å². The van der Waals surface area contributed by atoms with Crippen LogP contribution in [-0.4, -0.2) is 18.2 Å². The molecule has 2 saturated carbocycles. The van der Waals surface area contributed by atoms with Crippen molar-refractivity contribution in [1.82, 2.24) is 0 Å². The van der Waals surface area contributed by atoms with Gasteiger partial charge in [0.15, 0.2) is 0 Å². The number of Topliss-reactive ketones (excluding diaryl/α,β-unsaturated/α-hetero) is 1. The molecule has 3 aliphatic rings. The van der Waals surface area contributed by atoms with Gasteiger partial charge in [-0.1, -0.05) is 12.5 Å². The molecule has 1 aromatic rings. The minimum atomic E-state index is -0.319. The van der Waals surface area contributed by atoms with Crippen molar-refractivity contribution in [2.45, 2.75) is 39.5 Å². The molecule has 3 unspecified atom stereocenters. The summed E-state index contributed by atoms with van der Waals surface area (Å²) in [7, 11) is 0. The number of aryl methyl sites for hydroxylation is 2. The van der Waals surface area contributed by atoms with Gasteiger partial charge < -0.3 is 4.90 Å². The first kappa shape index (κ1) is 13.1. The van der Waals surface area contributed by atoms with Gasteiger partial charge in [0.05, 0.1) is 11.3 Å². The van der Waals surface area contributed by atoms with E-state index in [0.29, 0.717) is 11.5 Å². The maximum absolute atomic E-state index is 12.4. The number of rotatable bonds is 2. The van der Waals surface area contributed by atoms with Gasteiger partial charge in [-0.2, -0.15) is 0 Å². The van der Waals surface area contributed by atoms with Gasteiger partial charge in [-0.3, -0.25) is 9.59 Å². The van der Waals surface area contributed by atoms with Crippen molar-refractivity contribution in [1.29, 1.82) is 0 Å². The van der Waals surface area contributed by atoms with E-state index in [1.807, 2.05) is 19.9 Å². The van der Waals surface area contributed by atoms with Crippen molar-refractivity contribution in [2.24, 2.45) is 17.8 Å². The van der Waals surface area contributed by atoms with E-state index >= 15 is 0 Å². The molecule has 2 fully saturated rings. The molecule has 1 aromatic carbocycles. The largest absolute Gasteiger partial charge is 0.304 e. The lowest BCUT2D eigenvalue weighted by molar-refractivity contribution is -0.114. The smallest absolute Gasteiger partial charge is 0.299 e. The minimum absolute atomic E-state index is 0.318. The van der Waals surface area contributed by atoms with Gasteiger partial charge >= 0.3 is 0 Å². The number of nitrogens with zero attached hydrogens (tertiary/aromatic N) is 1. The number of hydrogen-bond donors (Lipinski definition) is 0. The number of hydrogen-bond acceptors (Lipinski definition) is 2. The highest BCUT2D eigenvalue weighted by molar-refractivity contribution is 6.52. The molecule has 110 valence electrons. The topological polar surface area (TPSA) is 37.4 Å². The van der Waals surface area contributed by atoms with Crippen LogP contribution in [0.3, 0.4) is 0 Å². The molecule has 3 heteroatoms. The summed E-state index contributed by atoms with van der Waals surface area (Å²) in [6.07, 6.45) is 5.25. The van der Waals surface area contributed by atoms with Crippen LogP contribution in [0.1, 0.15) is 47.2 Å². The SMILES string of the molecule is Cc1cc(C)c2c(c1)C(=O)C(=O)N2CC1CC2CCC1C2. The van der Waals surface area contributed by atoms with Crippen LogP contribution in [0.5, 0.6) is 0 Å². The predicted molar refractivity (Wildman–Crippen MR) is 81.5 cm³/mol. The third-order valence-corrected chi connectivity index (χ3v) is 5.70. The number of carbonyl (C=O) groups excluding carboxylic acids is 2. The van der Waals surface area contributed by atoms with E-state index in [0.717, 1.165) is 35.2 Å². The van der Waals surface area contributed by atoms with E-state index in [4.69, 9.17) is 0 Å². The van der Waals surface area contributed by atoms with E-state index in [-0.39, 0.29) is 11.7 Å². The van der Waals surface area contributed by atoms with Crippen LogP contribution in [0.4, 0.5) is 5.69 Å². The summed E-state index contributed by atoms with van der Waals surface area (Å²) in [6.45, 7) is 4.72. The van der Waals surface area contributed by atoms with E-state index in [2.05, 4.69) is 6.07 Å². The fourth-order valence-corrected chi connectivity index (χ4v) is 4.84. The van der Waals surface area contributed by atoms with Gasteiger partial charge in [0, 0.05) is 6.54 Å². The average Bonchev–Trinajstić information content (AvgIpc) is 3.10. The Hall–Kier alpha value is -1.64. The molecule has 1 aliphatic heterocycles. The second-order valence-electron chi connectivity index (χ2n) is 7.16. The lowest BCUT2D eigenvalue weighted by Crippen LogP contribution is -2.36. The fourth-order valence-electron chi connectivity index (χ4n) is 4.84. The molecule has 0 saturated heterocycles. The average molecular weight is 283 g/mol. The molecule has 21 heavy (non-hydrogen) atoms. The Labute approximate surface area is 125 Å². The summed E-state index contributed by atoms with van der Waals surface area (Å²) < 4.78 is 0. The first-order valence-electron chi connectivity index (χ1n) is 8.02. The Bertz CT molecular complexity index is 649. The zero-order valence-electron chi connectivity index (χ0n) is 12.7. The summed E-state index contributed by atoms with van der Waals surface area (Å²) >= 11 is 0. The first-order chi connectivity index (χ1) is 10.0. The van der Waals surface area contributed by atoms with E-state index in [1.54, 1.807) is 4.90 Å². The maximum Gasteiger partial charge on any atom is 0.299 e. The first-order valence-corrected chi connectivity index (χ1v) is 8.02. The molecule has 0 N–H and O–H groups in total. The van der Waals surface area contributed by atoms with Crippen molar-refractivity contribution < 1.29 is 9.59 Å². The summed E-state index contributed by atoms with van der Waals surface area (Å²) in [6, 6.07) is 3.93. The predicted octanol–water partition coefficient (Wildman–Crippen LogP) is 3.27. The third kappa shape index (κ3) is 1.86. The van der Waals surface area contributed by atoms with Crippen molar-refractivity contribution in [3.05, 3.63) is 28.8 Å². The second-order valence-corrected chi connectivity index (χ2v) is 7.16. The normalized spacial score (nSPS) is 30.4. The number of fused-ring (bicyclic) bond motifs is 3. The molecule has 3 atom stereocenters. The quantitative estimate of drug-likeness (QED) is 0.781. The summed E-state index contributed by atoms with van der Waals surface area (Å²) in [5.41, 5.74) is 3.58. The van der Waals surface area contributed by atoms with E-state index < -0.39 is 0 Å². The van der Waals surface area contributed by atoms with Crippen molar-refractivity contribution in [2.75, 3.05) is 11.4 Å². The Morgan fingerprint density at radius 3 is 2.62 bits per heavy atom. The second kappa shape index (κ2) is 4.43. The molecule has 4 rings (SSSR count). The number of ketones is 1. The molecular formula is C18H21NO2. The Kier molecular flexibility index (Phi) is 2.75. The van der Waals surface area contributed by atoms with Crippen LogP contribution in [0.25, 0.3) is 0 Å². The van der Waals surface area contributed by atoms with Crippen molar-refractivity contribution >= 4 is 17.4 Å². The zero-order chi connectivity index (χ0) is 14.7. The highest BCUT2D eigenvalue weighted by Gasteiger charge is 2.44. The Morgan fingerprint density at radius 1 is 1.14 bits per heavy atom. The van der Waals surface area contributed by atoms with Crippen LogP contribution in [0.2, 0.25) is 0 Å². The molecule has 0 aromatic heterocycles. The van der Waals surface area contributed by atoms with Crippen LogP contribution < -0.4 is 4.90 Å². The van der Waals surface area contributed by atoms with Gasteiger partial charge in [0.1, 0.15) is 0 Å². The highest BCUT2D eigenvalue weighted by Crippen LogP contribution is 2.49. The van der Waals surface area contributed by atoms with E-state index in [1.165, 1.54) is 25.7 Å².